The molecule has 0 aliphatic carbocycles. The largest absolute Gasteiger partial charge is 0.493 e. The van der Waals surface area contributed by atoms with Crippen molar-refractivity contribution in [2.45, 2.75) is 13.3 Å². The normalized spacial score (nSPS) is 10.9. The van der Waals surface area contributed by atoms with Crippen LogP contribution in [0.5, 0.6) is 11.5 Å². The molecule has 3 rings (SSSR count). The zero-order chi connectivity index (χ0) is 15.5. The fourth-order valence-electron chi connectivity index (χ4n) is 2.18. The summed E-state index contributed by atoms with van der Waals surface area (Å²) in [6.07, 6.45) is 0.971. The molecule has 0 bridgehead atoms. The molecule has 0 N–H and O–H groups in total. The summed E-state index contributed by atoms with van der Waals surface area (Å²) in [7, 11) is 1.67. The first kappa shape index (κ1) is 15.6. The number of fused-ring (bicyclic) bond motifs is 1. The van der Waals surface area contributed by atoms with Crippen molar-refractivity contribution in [1.82, 2.24) is 4.98 Å². The van der Waals surface area contributed by atoms with E-state index < -0.39 is 0 Å². The van der Waals surface area contributed by atoms with E-state index in [4.69, 9.17) is 14.5 Å². The molecule has 0 spiro atoms. The van der Waals surface area contributed by atoms with Crippen LogP contribution in [0, 0.1) is 3.57 Å². The van der Waals surface area contributed by atoms with Gasteiger partial charge in [0, 0.05) is 5.56 Å². The second-order valence-electron chi connectivity index (χ2n) is 4.82. The standard InChI is InChI=1S/C17H16INO2S/c1-3-8-21-16-12(18)9-11(10-14(16)20-2)17-19-13-6-4-5-7-15(13)22-17/h4-7,9-10H,3,8H2,1-2H3. The highest BCUT2D eigenvalue weighted by Crippen LogP contribution is 2.39. The maximum Gasteiger partial charge on any atom is 0.174 e. The lowest BCUT2D eigenvalue weighted by Crippen LogP contribution is -2.00. The van der Waals surface area contributed by atoms with Gasteiger partial charge in [-0.25, -0.2) is 4.98 Å². The topological polar surface area (TPSA) is 31.4 Å². The molecular formula is C17H16INO2S. The first-order valence-electron chi connectivity index (χ1n) is 7.09. The molecule has 3 nitrogen and oxygen atoms in total. The lowest BCUT2D eigenvalue weighted by Gasteiger charge is -2.13. The Morgan fingerprint density at radius 3 is 2.77 bits per heavy atom. The summed E-state index contributed by atoms with van der Waals surface area (Å²) in [6, 6.07) is 12.3. The van der Waals surface area contributed by atoms with Gasteiger partial charge in [0.15, 0.2) is 11.5 Å². The molecule has 0 amide bonds. The van der Waals surface area contributed by atoms with E-state index in [1.165, 1.54) is 4.70 Å². The average molecular weight is 425 g/mol. The van der Waals surface area contributed by atoms with Gasteiger partial charge in [-0.1, -0.05) is 19.1 Å². The zero-order valence-corrected chi connectivity index (χ0v) is 15.4. The van der Waals surface area contributed by atoms with Gasteiger partial charge in [0.2, 0.25) is 0 Å². The molecular weight excluding hydrogens is 409 g/mol. The van der Waals surface area contributed by atoms with Gasteiger partial charge in [-0.15, -0.1) is 11.3 Å². The fraction of sp³-hybridized carbons (Fsp3) is 0.235. The van der Waals surface area contributed by atoms with Gasteiger partial charge in [-0.05, 0) is 53.3 Å². The lowest BCUT2D eigenvalue weighted by atomic mass is 10.2. The summed E-state index contributed by atoms with van der Waals surface area (Å²) in [5, 5.41) is 0.999. The molecule has 0 fully saturated rings. The Bertz CT molecular complexity index is 767. The molecule has 1 aromatic heterocycles. The van der Waals surface area contributed by atoms with Crippen LogP contribution in [0.3, 0.4) is 0 Å². The number of para-hydroxylation sites is 1. The van der Waals surface area contributed by atoms with Crippen molar-refractivity contribution >= 4 is 44.1 Å². The molecule has 114 valence electrons. The average Bonchev–Trinajstić information content (AvgIpc) is 2.97. The van der Waals surface area contributed by atoms with E-state index in [2.05, 4.69) is 41.6 Å². The summed E-state index contributed by atoms with van der Waals surface area (Å²) in [4.78, 5) is 4.71. The molecule has 2 aromatic carbocycles. The third-order valence-electron chi connectivity index (χ3n) is 3.22. The second-order valence-corrected chi connectivity index (χ2v) is 7.02. The van der Waals surface area contributed by atoms with Gasteiger partial charge in [-0.2, -0.15) is 0 Å². The van der Waals surface area contributed by atoms with Gasteiger partial charge < -0.3 is 9.47 Å². The van der Waals surface area contributed by atoms with Gasteiger partial charge in [0.1, 0.15) is 5.01 Å². The molecule has 0 saturated heterocycles. The Hall–Kier alpha value is -1.34. The van der Waals surface area contributed by atoms with E-state index in [1.807, 2.05) is 24.3 Å². The van der Waals surface area contributed by atoms with Crippen LogP contribution in [0.15, 0.2) is 36.4 Å². The number of halogens is 1. The highest BCUT2D eigenvalue weighted by Gasteiger charge is 2.14. The summed E-state index contributed by atoms with van der Waals surface area (Å²) < 4.78 is 13.5. The molecule has 0 unspecified atom stereocenters. The molecule has 5 heteroatoms. The second kappa shape index (κ2) is 6.83. The Kier molecular flexibility index (Phi) is 4.83. The maximum atomic E-state index is 5.81. The zero-order valence-electron chi connectivity index (χ0n) is 12.4. The molecule has 0 aliphatic rings. The van der Waals surface area contributed by atoms with Crippen LogP contribution in [0.25, 0.3) is 20.8 Å². The van der Waals surface area contributed by atoms with Crippen molar-refractivity contribution in [3.8, 4) is 22.1 Å². The van der Waals surface area contributed by atoms with Gasteiger partial charge >= 0.3 is 0 Å². The Labute approximate surface area is 147 Å². The SMILES string of the molecule is CCCOc1c(I)cc(-c2nc3ccccc3s2)cc1OC. The van der Waals surface area contributed by atoms with E-state index in [1.54, 1.807) is 18.4 Å². The van der Waals surface area contributed by atoms with Crippen LogP contribution in [0.1, 0.15) is 13.3 Å². The number of hydrogen-bond donors (Lipinski definition) is 0. The number of methoxy groups -OCH3 is 1. The minimum Gasteiger partial charge on any atom is -0.493 e. The number of thiazole rings is 1. The van der Waals surface area contributed by atoms with Crippen LogP contribution in [-0.2, 0) is 0 Å². The third kappa shape index (κ3) is 3.05. The summed E-state index contributed by atoms with van der Waals surface area (Å²) in [5.41, 5.74) is 2.09. The number of ether oxygens (including phenoxy) is 2. The predicted molar refractivity (Wildman–Crippen MR) is 100 cm³/mol. The number of aromatic nitrogens is 1. The predicted octanol–water partition coefficient (Wildman–Crippen LogP) is 5.37. The summed E-state index contributed by atoms with van der Waals surface area (Å²) >= 11 is 3.98. The Morgan fingerprint density at radius 2 is 2.05 bits per heavy atom. The van der Waals surface area contributed by atoms with Crippen LogP contribution >= 0.6 is 33.9 Å². The molecule has 0 radical (unpaired) electrons. The number of nitrogens with zero attached hydrogens (tertiary/aromatic N) is 1. The first-order valence-corrected chi connectivity index (χ1v) is 8.98. The van der Waals surface area contributed by atoms with E-state index in [0.29, 0.717) is 6.61 Å². The van der Waals surface area contributed by atoms with Gasteiger partial charge in [-0.3, -0.25) is 0 Å². The molecule has 3 aromatic rings. The maximum absolute atomic E-state index is 5.81. The van der Waals surface area contributed by atoms with Crippen LogP contribution in [0.4, 0.5) is 0 Å². The van der Waals surface area contributed by atoms with E-state index in [0.717, 1.165) is 37.6 Å². The van der Waals surface area contributed by atoms with E-state index in [-0.39, 0.29) is 0 Å². The molecule has 22 heavy (non-hydrogen) atoms. The molecule has 1 heterocycles. The monoisotopic (exact) mass is 425 g/mol. The Balaban J connectivity index is 2.05. The number of hydrogen-bond acceptors (Lipinski definition) is 4. The van der Waals surface area contributed by atoms with Crippen LogP contribution in [-0.4, -0.2) is 18.7 Å². The van der Waals surface area contributed by atoms with Crippen molar-refractivity contribution in [3.63, 3.8) is 0 Å². The van der Waals surface area contributed by atoms with Crippen molar-refractivity contribution in [2.75, 3.05) is 13.7 Å². The first-order chi connectivity index (χ1) is 10.7. The minimum absolute atomic E-state index is 0.687. The minimum atomic E-state index is 0.687. The molecule has 0 aliphatic heterocycles. The summed E-state index contributed by atoms with van der Waals surface area (Å²) in [5.74, 6) is 1.57. The summed E-state index contributed by atoms with van der Waals surface area (Å²) in [6.45, 7) is 2.78. The highest BCUT2D eigenvalue weighted by molar-refractivity contribution is 14.1. The highest BCUT2D eigenvalue weighted by atomic mass is 127. The quantitative estimate of drug-likeness (QED) is 0.516. The number of rotatable bonds is 5. The third-order valence-corrected chi connectivity index (χ3v) is 5.11. The molecule has 0 atom stereocenters. The molecule has 0 saturated carbocycles. The van der Waals surface area contributed by atoms with Crippen molar-refractivity contribution in [2.24, 2.45) is 0 Å². The van der Waals surface area contributed by atoms with Crippen molar-refractivity contribution < 1.29 is 9.47 Å². The van der Waals surface area contributed by atoms with Crippen LogP contribution < -0.4 is 9.47 Å². The van der Waals surface area contributed by atoms with Crippen LogP contribution in [0.2, 0.25) is 0 Å². The van der Waals surface area contributed by atoms with Gasteiger partial charge in [0.05, 0.1) is 27.5 Å². The number of benzene rings is 2. The van der Waals surface area contributed by atoms with Crippen molar-refractivity contribution in [1.29, 1.82) is 0 Å². The van der Waals surface area contributed by atoms with Crippen molar-refractivity contribution in [3.05, 3.63) is 40.0 Å². The van der Waals surface area contributed by atoms with Gasteiger partial charge in [0.25, 0.3) is 0 Å². The van der Waals surface area contributed by atoms with E-state index >= 15 is 0 Å². The fourth-order valence-corrected chi connectivity index (χ4v) is 3.89. The smallest absolute Gasteiger partial charge is 0.174 e. The van der Waals surface area contributed by atoms with E-state index in [9.17, 15) is 0 Å². The lowest BCUT2D eigenvalue weighted by molar-refractivity contribution is 0.292. The Morgan fingerprint density at radius 1 is 1.23 bits per heavy atom.